The van der Waals surface area contributed by atoms with Crippen molar-refractivity contribution in [2.24, 2.45) is 11.8 Å². The molecule has 2 rings (SSSR count). The van der Waals surface area contributed by atoms with Gasteiger partial charge in [-0.15, -0.1) is 0 Å². The molecule has 0 aromatic heterocycles. The number of hydrogen-bond donors (Lipinski definition) is 1. The van der Waals surface area contributed by atoms with E-state index in [2.05, 4.69) is 24.1 Å². The fourth-order valence-corrected chi connectivity index (χ4v) is 2.63. The minimum atomic E-state index is 0.752. The van der Waals surface area contributed by atoms with Gasteiger partial charge in [0, 0.05) is 25.7 Å². The van der Waals surface area contributed by atoms with Crippen LogP contribution in [-0.2, 0) is 0 Å². The highest BCUT2D eigenvalue weighted by molar-refractivity contribution is 4.83. The lowest BCUT2D eigenvalue weighted by atomic mass is 9.85. The van der Waals surface area contributed by atoms with Gasteiger partial charge < -0.3 is 10.2 Å². The summed E-state index contributed by atoms with van der Waals surface area (Å²) in [7, 11) is 0. The van der Waals surface area contributed by atoms with Crippen LogP contribution in [0.1, 0.15) is 46.0 Å². The molecule has 2 heteroatoms. The van der Waals surface area contributed by atoms with E-state index in [-0.39, 0.29) is 0 Å². The first kappa shape index (κ1) is 12.4. The topological polar surface area (TPSA) is 15.3 Å². The van der Waals surface area contributed by atoms with Crippen LogP contribution >= 0.6 is 0 Å². The zero-order valence-electron chi connectivity index (χ0n) is 11.0. The largest absolute Gasteiger partial charge is 0.313 e. The summed E-state index contributed by atoms with van der Waals surface area (Å²) in [5, 5.41) is 3.68. The van der Waals surface area contributed by atoms with E-state index in [0.717, 1.165) is 17.9 Å². The molecule has 94 valence electrons. The van der Waals surface area contributed by atoms with Crippen molar-refractivity contribution in [3.63, 3.8) is 0 Å². The van der Waals surface area contributed by atoms with Crippen LogP contribution in [0.15, 0.2) is 0 Å². The van der Waals surface area contributed by atoms with E-state index >= 15 is 0 Å². The van der Waals surface area contributed by atoms with Crippen molar-refractivity contribution < 1.29 is 0 Å². The van der Waals surface area contributed by atoms with Gasteiger partial charge in [-0.05, 0) is 51.0 Å². The normalized spacial score (nSPS) is 23.4. The molecule has 1 atom stereocenters. The highest BCUT2D eigenvalue weighted by Gasteiger charge is 2.27. The van der Waals surface area contributed by atoms with E-state index < -0.39 is 0 Å². The lowest BCUT2D eigenvalue weighted by Crippen LogP contribution is -2.39. The Labute approximate surface area is 101 Å². The maximum absolute atomic E-state index is 3.68. The van der Waals surface area contributed by atoms with Crippen molar-refractivity contribution in [2.75, 3.05) is 26.2 Å². The molecule has 0 spiro atoms. The molecular formula is C14H28N2. The second-order valence-electron chi connectivity index (χ2n) is 5.77. The lowest BCUT2D eigenvalue weighted by molar-refractivity contribution is 0.183. The quantitative estimate of drug-likeness (QED) is 0.681. The Morgan fingerprint density at radius 2 is 2.00 bits per heavy atom. The van der Waals surface area contributed by atoms with Gasteiger partial charge in [-0.2, -0.15) is 0 Å². The number of nitrogens with one attached hydrogen (secondary N) is 1. The Balaban J connectivity index is 1.54. The SMILES string of the molecule is CCN(CCNC(C)C1CC1)CC1CCC1. The van der Waals surface area contributed by atoms with Gasteiger partial charge in [0.2, 0.25) is 0 Å². The Morgan fingerprint density at radius 1 is 1.25 bits per heavy atom. The van der Waals surface area contributed by atoms with Gasteiger partial charge in [0.25, 0.3) is 0 Å². The summed E-state index contributed by atoms with van der Waals surface area (Å²) >= 11 is 0. The third-order valence-corrected chi connectivity index (χ3v) is 4.41. The van der Waals surface area contributed by atoms with Crippen molar-refractivity contribution in [3.8, 4) is 0 Å². The molecule has 2 aliphatic carbocycles. The van der Waals surface area contributed by atoms with Crippen molar-refractivity contribution in [2.45, 2.75) is 52.0 Å². The summed E-state index contributed by atoms with van der Waals surface area (Å²) in [6.45, 7) is 9.62. The standard InChI is InChI=1S/C14H28N2/c1-3-16(11-13-5-4-6-13)10-9-15-12(2)14-7-8-14/h12-15H,3-11H2,1-2H3. The van der Waals surface area contributed by atoms with Crippen LogP contribution in [-0.4, -0.2) is 37.1 Å². The number of rotatable bonds is 8. The Hall–Kier alpha value is -0.0800. The molecule has 0 bridgehead atoms. The van der Waals surface area contributed by atoms with E-state index in [4.69, 9.17) is 0 Å². The van der Waals surface area contributed by atoms with Gasteiger partial charge in [0.1, 0.15) is 0 Å². The molecule has 16 heavy (non-hydrogen) atoms. The summed E-state index contributed by atoms with van der Waals surface area (Å²) < 4.78 is 0. The number of hydrogen-bond acceptors (Lipinski definition) is 2. The predicted molar refractivity (Wildman–Crippen MR) is 69.6 cm³/mol. The van der Waals surface area contributed by atoms with Crippen LogP contribution in [0.2, 0.25) is 0 Å². The monoisotopic (exact) mass is 224 g/mol. The van der Waals surface area contributed by atoms with Crippen LogP contribution in [0.25, 0.3) is 0 Å². The minimum absolute atomic E-state index is 0.752. The second kappa shape index (κ2) is 6.02. The first-order valence-electron chi connectivity index (χ1n) is 7.25. The van der Waals surface area contributed by atoms with Gasteiger partial charge in [0.15, 0.2) is 0 Å². The Morgan fingerprint density at radius 3 is 2.50 bits per heavy atom. The first-order valence-corrected chi connectivity index (χ1v) is 7.25. The maximum atomic E-state index is 3.68. The average molecular weight is 224 g/mol. The highest BCUT2D eigenvalue weighted by Crippen LogP contribution is 2.32. The number of likely N-dealkylation sites (N-methyl/N-ethyl adjacent to an activating group) is 1. The molecule has 2 fully saturated rings. The molecular weight excluding hydrogens is 196 g/mol. The summed E-state index contributed by atoms with van der Waals surface area (Å²) in [4.78, 5) is 2.62. The molecule has 0 radical (unpaired) electrons. The third kappa shape index (κ3) is 3.74. The molecule has 1 N–H and O–H groups in total. The van der Waals surface area contributed by atoms with Crippen molar-refractivity contribution in [3.05, 3.63) is 0 Å². The van der Waals surface area contributed by atoms with Gasteiger partial charge in [-0.3, -0.25) is 0 Å². The smallest absolute Gasteiger partial charge is 0.0107 e. The molecule has 0 saturated heterocycles. The molecule has 2 saturated carbocycles. The molecule has 0 heterocycles. The van der Waals surface area contributed by atoms with Crippen molar-refractivity contribution >= 4 is 0 Å². The molecule has 0 amide bonds. The molecule has 0 aromatic rings. The minimum Gasteiger partial charge on any atom is -0.313 e. The van der Waals surface area contributed by atoms with Crippen molar-refractivity contribution in [1.29, 1.82) is 0 Å². The molecule has 2 nitrogen and oxygen atoms in total. The average Bonchev–Trinajstić information content (AvgIpc) is 3.03. The molecule has 1 unspecified atom stereocenters. The van der Waals surface area contributed by atoms with E-state index in [0.29, 0.717) is 0 Å². The van der Waals surface area contributed by atoms with E-state index in [9.17, 15) is 0 Å². The Bertz CT molecular complexity index is 197. The summed E-state index contributed by atoms with van der Waals surface area (Å²) in [6, 6.07) is 0.752. The summed E-state index contributed by atoms with van der Waals surface area (Å²) in [6.07, 6.45) is 7.32. The Kier molecular flexibility index (Phi) is 4.66. The molecule has 0 aromatic carbocycles. The second-order valence-corrected chi connectivity index (χ2v) is 5.77. The lowest BCUT2D eigenvalue weighted by Gasteiger charge is -2.32. The molecule has 0 aliphatic heterocycles. The fraction of sp³-hybridized carbons (Fsp3) is 1.00. The predicted octanol–water partition coefficient (Wildman–Crippen LogP) is 2.50. The molecule has 2 aliphatic rings. The first-order chi connectivity index (χ1) is 7.79. The van der Waals surface area contributed by atoms with Crippen LogP contribution in [0.4, 0.5) is 0 Å². The van der Waals surface area contributed by atoms with Gasteiger partial charge in [-0.1, -0.05) is 13.3 Å². The van der Waals surface area contributed by atoms with Crippen LogP contribution < -0.4 is 5.32 Å². The summed E-state index contributed by atoms with van der Waals surface area (Å²) in [5.74, 6) is 2.00. The van der Waals surface area contributed by atoms with Crippen LogP contribution in [0, 0.1) is 11.8 Å². The van der Waals surface area contributed by atoms with E-state index in [1.807, 2.05) is 0 Å². The summed E-state index contributed by atoms with van der Waals surface area (Å²) in [5.41, 5.74) is 0. The van der Waals surface area contributed by atoms with Crippen LogP contribution in [0.5, 0.6) is 0 Å². The van der Waals surface area contributed by atoms with Gasteiger partial charge in [0.05, 0.1) is 0 Å². The van der Waals surface area contributed by atoms with E-state index in [1.165, 1.54) is 58.3 Å². The van der Waals surface area contributed by atoms with Crippen molar-refractivity contribution in [1.82, 2.24) is 10.2 Å². The zero-order chi connectivity index (χ0) is 11.4. The van der Waals surface area contributed by atoms with Crippen LogP contribution in [0.3, 0.4) is 0 Å². The third-order valence-electron chi connectivity index (χ3n) is 4.41. The van der Waals surface area contributed by atoms with E-state index in [1.54, 1.807) is 0 Å². The van der Waals surface area contributed by atoms with Gasteiger partial charge >= 0.3 is 0 Å². The number of nitrogens with zero attached hydrogens (tertiary/aromatic N) is 1. The maximum Gasteiger partial charge on any atom is 0.0107 e. The zero-order valence-corrected chi connectivity index (χ0v) is 11.0. The van der Waals surface area contributed by atoms with Gasteiger partial charge in [-0.25, -0.2) is 0 Å². The highest BCUT2D eigenvalue weighted by atomic mass is 15.1. The fourth-order valence-electron chi connectivity index (χ4n) is 2.63.